The smallest absolute Gasteiger partial charge is 0.157 e. The van der Waals surface area contributed by atoms with Gasteiger partial charge in [-0.1, -0.05) is 25.4 Å². The van der Waals surface area contributed by atoms with Crippen LogP contribution in [0.15, 0.2) is 12.1 Å². The van der Waals surface area contributed by atoms with E-state index in [4.69, 9.17) is 11.6 Å². The number of fused-ring (bicyclic) bond motifs is 1. The van der Waals surface area contributed by atoms with Crippen LogP contribution in [-0.4, -0.2) is 14.6 Å². The van der Waals surface area contributed by atoms with Crippen LogP contribution < -0.4 is 0 Å². The molecule has 0 aliphatic heterocycles. The van der Waals surface area contributed by atoms with E-state index in [1.165, 1.54) is 18.4 Å². The molecule has 0 spiro atoms. The SMILES string of the molecule is CC(C)c1nc2cc(C3CC3)cc(Cl)n2n1. The number of hydrogen-bond acceptors (Lipinski definition) is 2. The highest BCUT2D eigenvalue weighted by Gasteiger charge is 2.25. The average molecular weight is 236 g/mol. The summed E-state index contributed by atoms with van der Waals surface area (Å²) < 4.78 is 1.72. The molecule has 0 aromatic carbocycles. The maximum absolute atomic E-state index is 6.21. The van der Waals surface area contributed by atoms with E-state index >= 15 is 0 Å². The summed E-state index contributed by atoms with van der Waals surface area (Å²) in [5, 5.41) is 5.07. The van der Waals surface area contributed by atoms with Crippen molar-refractivity contribution in [1.29, 1.82) is 0 Å². The molecule has 0 bridgehead atoms. The summed E-state index contributed by atoms with van der Waals surface area (Å²) in [6.45, 7) is 4.18. The molecule has 3 rings (SSSR count). The zero-order valence-electron chi connectivity index (χ0n) is 9.44. The fraction of sp³-hybridized carbons (Fsp3) is 0.500. The van der Waals surface area contributed by atoms with Crippen molar-refractivity contribution in [2.75, 3.05) is 0 Å². The van der Waals surface area contributed by atoms with E-state index in [9.17, 15) is 0 Å². The molecule has 4 heteroatoms. The first kappa shape index (κ1) is 10.1. The van der Waals surface area contributed by atoms with Crippen LogP contribution in [0.2, 0.25) is 5.15 Å². The van der Waals surface area contributed by atoms with Crippen molar-refractivity contribution < 1.29 is 0 Å². The lowest BCUT2D eigenvalue weighted by Gasteiger charge is -2.00. The zero-order valence-corrected chi connectivity index (χ0v) is 10.2. The minimum atomic E-state index is 0.334. The van der Waals surface area contributed by atoms with E-state index in [-0.39, 0.29) is 0 Å². The molecule has 0 radical (unpaired) electrons. The van der Waals surface area contributed by atoms with Crippen molar-refractivity contribution in [3.05, 3.63) is 28.7 Å². The van der Waals surface area contributed by atoms with Gasteiger partial charge in [0.1, 0.15) is 5.15 Å². The fourth-order valence-electron chi connectivity index (χ4n) is 1.88. The lowest BCUT2D eigenvalue weighted by atomic mass is 10.2. The van der Waals surface area contributed by atoms with E-state index in [1.54, 1.807) is 4.52 Å². The first-order valence-corrected chi connectivity index (χ1v) is 6.09. The molecule has 0 saturated heterocycles. The van der Waals surface area contributed by atoms with Crippen molar-refractivity contribution in [3.8, 4) is 0 Å². The summed E-state index contributed by atoms with van der Waals surface area (Å²) in [5.74, 6) is 1.89. The number of pyridine rings is 1. The van der Waals surface area contributed by atoms with Crippen LogP contribution in [0.3, 0.4) is 0 Å². The van der Waals surface area contributed by atoms with Crippen molar-refractivity contribution in [2.45, 2.75) is 38.5 Å². The van der Waals surface area contributed by atoms with Crippen LogP contribution in [0.25, 0.3) is 5.65 Å². The third-order valence-electron chi connectivity index (χ3n) is 3.00. The Hall–Kier alpha value is -1.09. The molecule has 0 atom stereocenters. The van der Waals surface area contributed by atoms with Crippen LogP contribution in [-0.2, 0) is 0 Å². The van der Waals surface area contributed by atoms with Gasteiger partial charge in [-0.2, -0.15) is 0 Å². The first-order chi connectivity index (χ1) is 7.65. The standard InChI is InChI=1S/C12H14ClN3/c1-7(2)12-14-11-6-9(8-3-4-8)5-10(13)16(11)15-12/h5-8H,3-4H2,1-2H3. The summed E-state index contributed by atoms with van der Waals surface area (Å²) in [4.78, 5) is 4.51. The quantitative estimate of drug-likeness (QED) is 0.747. The Morgan fingerprint density at radius 3 is 2.75 bits per heavy atom. The van der Waals surface area contributed by atoms with Gasteiger partial charge in [0, 0.05) is 5.92 Å². The first-order valence-electron chi connectivity index (χ1n) is 5.71. The largest absolute Gasteiger partial charge is 0.212 e. The average Bonchev–Trinajstić information content (AvgIpc) is 2.97. The Balaban J connectivity index is 2.17. The van der Waals surface area contributed by atoms with Gasteiger partial charge in [-0.25, -0.2) is 9.50 Å². The highest BCUT2D eigenvalue weighted by Crippen LogP contribution is 2.41. The van der Waals surface area contributed by atoms with Gasteiger partial charge in [0.2, 0.25) is 0 Å². The molecule has 3 nitrogen and oxygen atoms in total. The number of nitrogens with zero attached hydrogens (tertiary/aromatic N) is 3. The Labute approximate surface area is 99.4 Å². The summed E-state index contributed by atoms with van der Waals surface area (Å²) in [6.07, 6.45) is 2.55. The lowest BCUT2D eigenvalue weighted by Crippen LogP contribution is -1.93. The molecule has 1 fully saturated rings. The third kappa shape index (κ3) is 1.59. The predicted molar refractivity (Wildman–Crippen MR) is 64.1 cm³/mol. The normalized spacial score (nSPS) is 16.2. The molecule has 2 heterocycles. The Bertz CT molecular complexity index is 540. The van der Waals surface area contributed by atoms with Crippen molar-refractivity contribution >= 4 is 17.2 Å². The zero-order chi connectivity index (χ0) is 11.3. The maximum atomic E-state index is 6.21. The fourth-order valence-corrected chi connectivity index (χ4v) is 2.13. The van der Waals surface area contributed by atoms with Crippen LogP contribution in [0.1, 0.15) is 49.9 Å². The van der Waals surface area contributed by atoms with Crippen LogP contribution in [0, 0.1) is 0 Å². The second-order valence-corrected chi connectivity index (χ2v) is 5.17. The number of aromatic nitrogens is 3. The van der Waals surface area contributed by atoms with Gasteiger partial charge in [-0.15, -0.1) is 5.10 Å². The number of hydrogen-bond donors (Lipinski definition) is 0. The molecule has 0 N–H and O–H groups in total. The minimum absolute atomic E-state index is 0.334. The molecule has 1 saturated carbocycles. The Kier molecular flexibility index (Phi) is 2.18. The van der Waals surface area contributed by atoms with Gasteiger partial charge in [0.15, 0.2) is 11.5 Å². The number of rotatable bonds is 2. The molecule has 2 aromatic heterocycles. The van der Waals surface area contributed by atoms with Crippen molar-refractivity contribution in [3.63, 3.8) is 0 Å². The van der Waals surface area contributed by atoms with E-state index in [0.29, 0.717) is 17.0 Å². The van der Waals surface area contributed by atoms with E-state index in [1.807, 2.05) is 6.07 Å². The molecule has 2 aromatic rings. The topological polar surface area (TPSA) is 30.2 Å². The van der Waals surface area contributed by atoms with Crippen molar-refractivity contribution in [2.24, 2.45) is 0 Å². The van der Waals surface area contributed by atoms with Gasteiger partial charge >= 0.3 is 0 Å². The molecule has 16 heavy (non-hydrogen) atoms. The highest BCUT2D eigenvalue weighted by molar-refractivity contribution is 6.29. The predicted octanol–water partition coefficient (Wildman–Crippen LogP) is 3.38. The Morgan fingerprint density at radius 2 is 2.12 bits per heavy atom. The maximum Gasteiger partial charge on any atom is 0.157 e. The molecule has 0 unspecified atom stereocenters. The molecular weight excluding hydrogens is 222 g/mol. The van der Waals surface area contributed by atoms with Gasteiger partial charge in [0.05, 0.1) is 0 Å². The summed E-state index contributed by atoms with van der Waals surface area (Å²) >= 11 is 6.21. The van der Waals surface area contributed by atoms with Gasteiger partial charge in [-0.05, 0) is 36.5 Å². The third-order valence-corrected chi connectivity index (χ3v) is 3.27. The second-order valence-electron chi connectivity index (χ2n) is 4.78. The van der Waals surface area contributed by atoms with Crippen LogP contribution in [0.4, 0.5) is 0 Å². The molecule has 1 aliphatic rings. The Morgan fingerprint density at radius 1 is 1.38 bits per heavy atom. The molecule has 1 aliphatic carbocycles. The highest BCUT2D eigenvalue weighted by atomic mass is 35.5. The monoisotopic (exact) mass is 235 g/mol. The van der Waals surface area contributed by atoms with Gasteiger partial charge in [-0.3, -0.25) is 0 Å². The van der Waals surface area contributed by atoms with E-state index < -0.39 is 0 Å². The molecule has 0 amide bonds. The van der Waals surface area contributed by atoms with E-state index in [0.717, 1.165) is 11.5 Å². The van der Waals surface area contributed by atoms with Gasteiger partial charge < -0.3 is 0 Å². The summed E-state index contributed by atoms with van der Waals surface area (Å²) in [6, 6.07) is 4.13. The number of halogens is 1. The van der Waals surface area contributed by atoms with Crippen LogP contribution in [0.5, 0.6) is 0 Å². The van der Waals surface area contributed by atoms with E-state index in [2.05, 4.69) is 30.0 Å². The lowest BCUT2D eigenvalue weighted by molar-refractivity contribution is 0.765. The summed E-state index contributed by atoms with van der Waals surface area (Å²) in [5.41, 5.74) is 2.18. The van der Waals surface area contributed by atoms with Crippen molar-refractivity contribution in [1.82, 2.24) is 14.6 Å². The van der Waals surface area contributed by atoms with Crippen LogP contribution >= 0.6 is 11.6 Å². The minimum Gasteiger partial charge on any atom is -0.212 e. The summed E-state index contributed by atoms with van der Waals surface area (Å²) in [7, 11) is 0. The van der Waals surface area contributed by atoms with Gasteiger partial charge in [0.25, 0.3) is 0 Å². The second kappa shape index (κ2) is 3.45. The molecule has 84 valence electrons. The molecular formula is C12H14ClN3.